The van der Waals surface area contributed by atoms with Crippen molar-refractivity contribution in [1.29, 1.82) is 0 Å². The highest BCUT2D eigenvalue weighted by molar-refractivity contribution is 5.97. The maximum Gasteiger partial charge on any atom is 0.274 e. The number of H-pyrrole nitrogens is 1. The molecule has 0 radical (unpaired) electrons. The minimum atomic E-state index is -0.602. The highest BCUT2D eigenvalue weighted by atomic mass is 19.1. The number of aromatic amines is 1. The number of nitrogens with one attached hydrogen (secondary N) is 2. The third kappa shape index (κ3) is 2.36. The Bertz CT molecular complexity index is 842. The van der Waals surface area contributed by atoms with Crippen molar-refractivity contribution in [2.24, 2.45) is 0 Å². The van der Waals surface area contributed by atoms with Crippen molar-refractivity contribution in [3.8, 4) is 11.4 Å². The molecule has 0 fully saturated rings. The first-order chi connectivity index (χ1) is 10.1. The zero-order valence-corrected chi connectivity index (χ0v) is 11.1. The minimum absolute atomic E-state index is 0.298. The molecule has 3 rings (SSSR count). The van der Waals surface area contributed by atoms with Crippen LogP contribution in [0.5, 0.6) is 0 Å². The zero-order valence-electron chi connectivity index (χ0n) is 11.1. The fourth-order valence-electron chi connectivity index (χ4n) is 2.09. The molecule has 0 aliphatic heterocycles. The van der Waals surface area contributed by atoms with Crippen LogP contribution in [0.2, 0.25) is 0 Å². The molecule has 3 aromatic rings. The molecule has 1 aromatic heterocycles. The summed E-state index contributed by atoms with van der Waals surface area (Å²) in [6.45, 7) is 1.69. The monoisotopic (exact) mass is 285 g/mol. The van der Waals surface area contributed by atoms with E-state index in [9.17, 15) is 9.18 Å². The Morgan fingerprint density at radius 3 is 2.81 bits per heavy atom. The van der Waals surface area contributed by atoms with Crippen molar-refractivity contribution >= 4 is 16.9 Å². The highest BCUT2D eigenvalue weighted by Gasteiger charge is 2.10. The first-order valence-electron chi connectivity index (χ1n) is 6.29. The SMILES string of the molecule is Cc1ccc(-c2nc3ccc(C(=O)NO)cc3[nH]2)cc1F. The smallest absolute Gasteiger partial charge is 0.274 e. The van der Waals surface area contributed by atoms with Crippen LogP contribution in [0.1, 0.15) is 15.9 Å². The van der Waals surface area contributed by atoms with Crippen LogP contribution < -0.4 is 5.48 Å². The van der Waals surface area contributed by atoms with Crippen LogP contribution in [-0.4, -0.2) is 21.1 Å². The zero-order chi connectivity index (χ0) is 15.0. The predicted octanol–water partition coefficient (Wildman–Crippen LogP) is 2.80. The molecule has 5 nitrogen and oxygen atoms in total. The van der Waals surface area contributed by atoms with E-state index in [1.165, 1.54) is 6.07 Å². The molecule has 21 heavy (non-hydrogen) atoms. The maximum absolute atomic E-state index is 13.6. The number of rotatable bonds is 2. The van der Waals surface area contributed by atoms with Crippen molar-refractivity contribution in [2.45, 2.75) is 6.92 Å². The second-order valence-electron chi connectivity index (χ2n) is 4.72. The largest absolute Gasteiger partial charge is 0.338 e. The lowest BCUT2D eigenvalue weighted by Gasteiger charge is -1.99. The van der Waals surface area contributed by atoms with E-state index in [0.29, 0.717) is 33.5 Å². The number of aromatic nitrogens is 2. The summed E-state index contributed by atoms with van der Waals surface area (Å²) in [4.78, 5) is 18.8. The van der Waals surface area contributed by atoms with E-state index < -0.39 is 5.91 Å². The Labute approximate surface area is 119 Å². The van der Waals surface area contributed by atoms with Gasteiger partial charge in [0.05, 0.1) is 11.0 Å². The molecular formula is C15H12FN3O2. The van der Waals surface area contributed by atoms with Gasteiger partial charge in [-0.2, -0.15) is 0 Å². The van der Waals surface area contributed by atoms with Gasteiger partial charge >= 0.3 is 0 Å². The predicted molar refractivity (Wildman–Crippen MR) is 75.5 cm³/mol. The van der Waals surface area contributed by atoms with E-state index in [1.807, 2.05) is 0 Å². The lowest BCUT2D eigenvalue weighted by molar-refractivity contribution is 0.0706. The number of aryl methyl sites for hydroxylation is 1. The molecule has 1 heterocycles. The summed E-state index contributed by atoms with van der Waals surface area (Å²) in [5.41, 5.74) is 4.36. The number of carbonyl (C=O) groups excluding carboxylic acids is 1. The van der Waals surface area contributed by atoms with Gasteiger partial charge in [-0.15, -0.1) is 0 Å². The van der Waals surface area contributed by atoms with E-state index in [4.69, 9.17) is 5.21 Å². The second-order valence-corrected chi connectivity index (χ2v) is 4.72. The molecule has 0 saturated heterocycles. The Hall–Kier alpha value is -2.73. The molecular weight excluding hydrogens is 273 g/mol. The summed E-state index contributed by atoms with van der Waals surface area (Å²) in [7, 11) is 0. The molecule has 0 aliphatic rings. The van der Waals surface area contributed by atoms with Crippen molar-refractivity contribution in [3.63, 3.8) is 0 Å². The molecule has 2 aromatic carbocycles. The van der Waals surface area contributed by atoms with Crippen LogP contribution in [-0.2, 0) is 0 Å². The van der Waals surface area contributed by atoms with Crippen molar-refractivity contribution < 1.29 is 14.4 Å². The van der Waals surface area contributed by atoms with Gasteiger partial charge in [-0.1, -0.05) is 12.1 Å². The average Bonchev–Trinajstić information content (AvgIpc) is 2.92. The average molecular weight is 285 g/mol. The number of amides is 1. The van der Waals surface area contributed by atoms with Gasteiger partial charge in [0.2, 0.25) is 0 Å². The van der Waals surface area contributed by atoms with Crippen molar-refractivity contribution in [1.82, 2.24) is 15.4 Å². The summed E-state index contributed by atoms with van der Waals surface area (Å²) >= 11 is 0. The molecule has 1 amide bonds. The van der Waals surface area contributed by atoms with Crippen molar-refractivity contribution in [2.75, 3.05) is 0 Å². The van der Waals surface area contributed by atoms with Crippen LogP contribution in [0.25, 0.3) is 22.4 Å². The van der Waals surface area contributed by atoms with E-state index >= 15 is 0 Å². The maximum atomic E-state index is 13.6. The fourth-order valence-corrected chi connectivity index (χ4v) is 2.09. The lowest BCUT2D eigenvalue weighted by atomic mass is 10.1. The van der Waals surface area contributed by atoms with Gasteiger partial charge in [0.1, 0.15) is 11.6 Å². The van der Waals surface area contributed by atoms with Gasteiger partial charge in [-0.3, -0.25) is 10.0 Å². The Morgan fingerprint density at radius 2 is 2.10 bits per heavy atom. The number of hydroxylamine groups is 1. The summed E-state index contributed by atoms with van der Waals surface area (Å²) < 4.78 is 13.6. The number of benzene rings is 2. The van der Waals surface area contributed by atoms with Gasteiger partial charge in [0.25, 0.3) is 5.91 Å². The Balaban J connectivity index is 2.08. The number of imidazole rings is 1. The van der Waals surface area contributed by atoms with Gasteiger partial charge in [0.15, 0.2) is 0 Å². The fraction of sp³-hybridized carbons (Fsp3) is 0.0667. The first kappa shape index (κ1) is 13.3. The number of hydrogen-bond acceptors (Lipinski definition) is 3. The Kier molecular flexibility index (Phi) is 3.15. The molecule has 0 saturated carbocycles. The van der Waals surface area contributed by atoms with Crippen LogP contribution >= 0.6 is 0 Å². The molecule has 106 valence electrons. The number of carbonyl (C=O) groups is 1. The second kappa shape index (κ2) is 4.99. The van der Waals surface area contributed by atoms with Gasteiger partial charge in [-0.05, 0) is 36.8 Å². The normalized spacial score (nSPS) is 10.8. The number of fused-ring (bicyclic) bond motifs is 1. The molecule has 6 heteroatoms. The summed E-state index contributed by atoms with van der Waals surface area (Å²) in [5, 5.41) is 8.63. The minimum Gasteiger partial charge on any atom is -0.338 e. The topological polar surface area (TPSA) is 78.0 Å². The van der Waals surface area contributed by atoms with Crippen LogP contribution in [0.4, 0.5) is 4.39 Å². The number of hydrogen-bond donors (Lipinski definition) is 3. The van der Waals surface area contributed by atoms with Gasteiger partial charge in [0, 0.05) is 11.1 Å². The molecule has 0 spiro atoms. The van der Waals surface area contributed by atoms with E-state index in [-0.39, 0.29) is 5.82 Å². The third-order valence-electron chi connectivity index (χ3n) is 3.29. The van der Waals surface area contributed by atoms with Gasteiger partial charge in [-0.25, -0.2) is 14.9 Å². The van der Waals surface area contributed by atoms with Crippen LogP contribution in [0.15, 0.2) is 36.4 Å². The van der Waals surface area contributed by atoms with E-state index in [2.05, 4.69) is 9.97 Å². The third-order valence-corrected chi connectivity index (χ3v) is 3.29. The Morgan fingerprint density at radius 1 is 1.29 bits per heavy atom. The molecule has 0 bridgehead atoms. The van der Waals surface area contributed by atoms with E-state index in [1.54, 1.807) is 42.7 Å². The van der Waals surface area contributed by atoms with E-state index in [0.717, 1.165) is 0 Å². The van der Waals surface area contributed by atoms with Crippen LogP contribution in [0.3, 0.4) is 0 Å². The summed E-state index contributed by atoms with van der Waals surface area (Å²) in [6.07, 6.45) is 0. The highest BCUT2D eigenvalue weighted by Crippen LogP contribution is 2.23. The summed E-state index contributed by atoms with van der Waals surface area (Å²) in [5.74, 6) is -0.381. The first-order valence-corrected chi connectivity index (χ1v) is 6.29. The van der Waals surface area contributed by atoms with Crippen LogP contribution in [0, 0.1) is 12.7 Å². The standard InChI is InChI=1S/C15H12FN3O2/c1-8-2-3-9(6-11(8)16)14-17-12-5-4-10(15(20)19-21)7-13(12)18-14/h2-7,21H,1H3,(H,17,18)(H,19,20). The quantitative estimate of drug-likeness (QED) is 0.500. The van der Waals surface area contributed by atoms with Gasteiger partial charge < -0.3 is 4.98 Å². The molecule has 0 aliphatic carbocycles. The van der Waals surface area contributed by atoms with Crippen molar-refractivity contribution in [3.05, 3.63) is 53.3 Å². The molecule has 0 unspecified atom stereocenters. The molecule has 3 N–H and O–H groups in total. The lowest BCUT2D eigenvalue weighted by Crippen LogP contribution is -2.18. The molecule has 0 atom stereocenters. The number of halogens is 1. The summed E-state index contributed by atoms with van der Waals surface area (Å²) in [6, 6.07) is 9.65. The number of nitrogens with zero attached hydrogens (tertiary/aromatic N) is 1.